The Morgan fingerprint density at radius 3 is 2.45 bits per heavy atom. The largest absolute Gasteiger partial charge is 0.481 e. The summed E-state index contributed by atoms with van der Waals surface area (Å²) in [5.74, 6) is -0.736. The number of epoxide rings is 1. The molecule has 1 rings (SSSR count). The van der Waals surface area contributed by atoms with E-state index in [2.05, 4.69) is 25.2 Å². The Balaban J connectivity index is 2.16. The first-order valence-corrected chi connectivity index (χ1v) is 11.3. The molecule has 0 aromatic rings. The number of carboxylic acid groups (broad SMARTS) is 1. The first kappa shape index (κ1) is 25.6. The van der Waals surface area contributed by atoms with Gasteiger partial charge in [-0.2, -0.15) is 0 Å². The molecule has 1 saturated heterocycles. The summed E-state index contributed by atoms with van der Waals surface area (Å²) in [5, 5.41) is 19.6. The van der Waals surface area contributed by atoms with Gasteiger partial charge in [-0.25, -0.2) is 0 Å². The molecule has 0 saturated carbocycles. The fourth-order valence-corrected chi connectivity index (χ4v) is 3.17. The quantitative estimate of drug-likeness (QED) is 0.182. The van der Waals surface area contributed by atoms with E-state index in [-0.39, 0.29) is 12.2 Å². The molecule has 1 fully saturated rings. The second-order valence-electron chi connectivity index (χ2n) is 9.17. The molecular formula is C25H42O4. The van der Waals surface area contributed by atoms with E-state index in [1.54, 1.807) is 13.8 Å². The van der Waals surface area contributed by atoms with Gasteiger partial charge in [0, 0.05) is 0 Å². The second-order valence-corrected chi connectivity index (χ2v) is 9.17. The topological polar surface area (TPSA) is 70.1 Å². The molecule has 0 bridgehead atoms. The van der Waals surface area contributed by atoms with Crippen LogP contribution >= 0.6 is 0 Å². The highest BCUT2D eigenvalue weighted by molar-refractivity contribution is 5.73. The van der Waals surface area contributed by atoms with Crippen LogP contribution < -0.4 is 0 Å². The normalized spacial score (nSPS) is 22.0. The minimum atomic E-state index is -0.858. The third-order valence-electron chi connectivity index (χ3n) is 5.50. The summed E-state index contributed by atoms with van der Waals surface area (Å²) in [5.41, 5.74) is -1.51. The number of allylic oxidation sites excluding steroid dienone is 3. The number of rotatable bonds is 16. The van der Waals surface area contributed by atoms with Gasteiger partial charge in [0.2, 0.25) is 0 Å². The van der Waals surface area contributed by atoms with Crippen LogP contribution in [0, 0.1) is 5.41 Å². The van der Waals surface area contributed by atoms with Gasteiger partial charge < -0.3 is 14.9 Å². The van der Waals surface area contributed by atoms with E-state index in [1.165, 1.54) is 19.3 Å². The molecule has 29 heavy (non-hydrogen) atoms. The highest BCUT2D eigenvalue weighted by Crippen LogP contribution is 2.31. The third kappa shape index (κ3) is 12.0. The number of hydrogen-bond donors (Lipinski definition) is 2. The van der Waals surface area contributed by atoms with E-state index in [0.717, 1.165) is 32.1 Å². The molecule has 3 atom stereocenters. The average molecular weight is 407 g/mol. The lowest BCUT2D eigenvalue weighted by atomic mass is 9.87. The molecule has 1 heterocycles. The first-order valence-electron chi connectivity index (χ1n) is 11.3. The van der Waals surface area contributed by atoms with Crippen molar-refractivity contribution in [2.24, 2.45) is 5.41 Å². The zero-order valence-electron chi connectivity index (χ0n) is 18.9. The van der Waals surface area contributed by atoms with Gasteiger partial charge in [0.05, 0.1) is 17.1 Å². The molecule has 1 aliphatic rings. The van der Waals surface area contributed by atoms with Crippen LogP contribution in [0.3, 0.4) is 0 Å². The summed E-state index contributed by atoms with van der Waals surface area (Å²) < 4.78 is 5.65. The Labute approximate surface area is 177 Å². The number of aliphatic hydroxyl groups is 1. The van der Waals surface area contributed by atoms with Crippen molar-refractivity contribution >= 4 is 5.97 Å². The van der Waals surface area contributed by atoms with Crippen molar-refractivity contribution in [1.82, 2.24) is 0 Å². The molecule has 0 aliphatic carbocycles. The summed E-state index contributed by atoms with van der Waals surface area (Å²) in [6, 6.07) is 0. The molecule has 0 radical (unpaired) electrons. The maximum atomic E-state index is 11.1. The minimum Gasteiger partial charge on any atom is -0.481 e. The van der Waals surface area contributed by atoms with Gasteiger partial charge in [-0.15, -0.1) is 0 Å². The number of aliphatic carboxylic acids is 1. The van der Waals surface area contributed by atoms with Crippen LogP contribution in [0.1, 0.15) is 91.9 Å². The molecule has 0 aromatic carbocycles. The number of carboxylic acids is 1. The molecule has 166 valence electrons. The molecule has 0 amide bonds. The minimum absolute atomic E-state index is 0.0870. The van der Waals surface area contributed by atoms with Gasteiger partial charge in [0.25, 0.3) is 0 Å². The van der Waals surface area contributed by atoms with Crippen molar-refractivity contribution in [2.45, 2.75) is 110 Å². The van der Waals surface area contributed by atoms with Crippen molar-refractivity contribution in [3.05, 3.63) is 36.5 Å². The van der Waals surface area contributed by atoms with Gasteiger partial charge in [0.15, 0.2) is 0 Å². The van der Waals surface area contributed by atoms with Crippen LogP contribution in [0.4, 0.5) is 0 Å². The maximum absolute atomic E-state index is 11.1. The number of hydrogen-bond acceptors (Lipinski definition) is 3. The Hall–Kier alpha value is -1.39. The van der Waals surface area contributed by atoms with Crippen LogP contribution in [-0.4, -0.2) is 34.0 Å². The van der Waals surface area contributed by atoms with Gasteiger partial charge in [0.1, 0.15) is 6.10 Å². The molecule has 2 N–H and O–H groups in total. The summed E-state index contributed by atoms with van der Waals surface area (Å²) in [4.78, 5) is 11.1. The van der Waals surface area contributed by atoms with E-state index in [4.69, 9.17) is 9.84 Å². The number of ether oxygens (including phenoxy) is 1. The smallest absolute Gasteiger partial charge is 0.309 e. The molecule has 4 nitrogen and oxygen atoms in total. The number of unbranched alkanes of at least 4 members (excludes halogenated alkanes) is 4. The molecule has 4 heteroatoms. The zero-order chi connectivity index (χ0) is 21.8. The van der Waals surface area contributed by atoms with E-state index in [9.17, 15) is 9.90 Å². The Morgan fingerprint density at radius 2 is 1.76 bits per heavy atom. The zero-order valence-corrected chi connectivity index (χ0v) is 18.9. The third-order valence-corrected chi connectivity index (χ3v) is 5.50. The molecule has 1 aliphatic heterocycles. The highest BCUT2D eigenvalue weighted by atomic mass is 16.6. The van der Waals surface area contributed by atoms with Crippen molar-refractivity contribution in [3.63, 3.8) is 0 Å². The van der Waals surface area contributed by atoms with Crippen LogP contribution in [0.25, 0.3) is 0 Å². The predicted octanol–water partition coefficient (Wildman–Crippen LogP) is 6.21. The number of carbonyl (C=O) groups is 1. The predicted molar refractivity (Wildman–Crippen MR) is 120 cm³/mol. The SMILES string of the molecule is CCCCC/C=C\C/C=C\CC(C)(O)/C=C/C1OC1CCCCC(C)(C)C(=O)O. The van der Waals surface area contributed by atoms with Crippen LogP contribution in [-0.2, 0) is 9.53 Å². The monoisotopic (exact) mass is 406 g/mol. The lowest BCUT2D eigenvalue weighted by Gasteiger charge is -2.18. The van der Waals surface area contributed by atoms with Crippen molar-refractivity contribution in [3.8, 4) is 0 Å². The fraction of sp³-hybridized carbons (Fsp3) is 0.720. The first-order chi connectivity index (χ1) is 13.7. The lowest BCUT2D eigenvalue weighted by Crippen LogP contribution is -2.23. The molecule has 3 unspecified atom stereocenters. The highest BCUT2D eigenvalue weighted by Gasteiger charge is 2.36. The molecule has 0 aromatic heterocycles. The van der Waals surface area contributed by atoms with Gasteiger partial charge in [-0.3, -0.25) is 4.79 Å². The van der Waals surface area contributed by atoms with Crippen LogP contribution in [0.15, 0.2) is 36.5 Å². The summed E-state index contributed by atoms with van der Waals surface area (Å²) in [7, 11) is 0. The van der Waals surface area contributed by atoms with E-state index in [0.29, 0.717) is 12.8 Å². The van der Waals surface area contributed by atoms with Gasteiger partial charge >= 0.3 is 5.97 Å². The van der Waals surface area contributed by atoms with Crippen LogP contribution in [0.2, 0.25) is 0 Å². The van der Waals surface area contributed by atoms with Crippen molar-refractivity contribution in [1.29, 1.82) is 0 Å². The van der Waals surface area contributed by atoms with Gasteiger partial charge in [-0.1, -0.05) is 69.1 Å². The van der Waals surface area contributed by atoms with Gasteiger partial charge in [-0.05, 0) is 59.3 Å². The van der Waals surface area contributed by atoms with E-state index < -0.39 is 17.0 Å². The van der Waals surface area contributed by atoms with E-state index in [1.807, 2.05) is 25.2 Å². The maximum Gasteiger partial charge on any atom is 0.309 e. The van der Waals surface area contributed by atoms with E-state index >= 15 is 0 Å². The molecular weight excluding hydrogens is 364 g/mol. The summed E-state index contributed by atoms with van der Waals surface area (Å²) >= 11 is 0. The summed E-state index contributed by atoms with van der Waals surface area (Å²) in [6.07, 6.45) is 22.7. The second kappa shape index (κ2) is 13.0. The van der Waals surface area contributed by atoms with Crippen LogP contribution in [0.5, 0.6) is 0 Å². The molecule has 0 spiro atoms. The average Bonchev–Trinajstić information content (AvgIpc) is 3.41. The Kier molecular flexibility index (Phi) is 11.5. The fourth-order valence-electron chi connectivity index (χ4n) is 3.17. The Bertz CT molecular complexity index is 557. The standard InChI is InChI=1S/C25H42O4/c1-5-6-7-8-9-10-11-12-14-19-25(4,28)20-17-22-21(29-22)16-13-15-18-24(2,3)23(26)27/h9-10,12,14,17,20-22,28H,5-8,11,13,15-16,18-19H2,1-4H3,(H,26,27)/b10-9-,14-12-,20-17+. The lowest BCUT2D eigenvalue weighted by molar-refractivity contribution is -0.147. The van der Waals surface area contributed by atoms with Crippen molar-refractivity contribution < 1.29 is 19.7 Å². The Morgan fingerprint density at radius 1 is 1.03 bits per heavy atom. The summed E-state index contributed by atoms with van der Waals surface area (Å²) in [6.45, 7) is 7.58. The van der Waals surface area contributed by atoms with Crippen molar-refractivity contribution in [2.75, 3.05) is 0 Å².